The standard InChI is InChI=1S/C14H23ClN4O2/c1-9-11(12(15)18(5)17-9)6-16-10-7-19(8-10)13(20)21-14(2,3)4/h10,16H,6-8H2,1-5H3. The number of carbonyl (C=O) groups is 1. The van der Waals surface area contributed by atoms with E-state index in [2.05, 4.69) is 10.4 Å². The molecule has 0 aliphatic carbocycles. The van der Waals surface area contributed by atoms with Crippen LogP contribution in [0.4, 0.5) is 4.79 Å². The monoisotopic (exact) mass is 314 g/mol. The summed E-state index contributed by atoms with van der Waals surface area (Å²) < 4.78 is 6.99. The van der Waals surface area contributed by atoms with Gasteiger partial charge in [0.25, 0.3) is 0 Å². The van der Waals surface area contributed by atoms with Gasteiger partial charge in [-0.2, -0.15) is 5.10 Å². The van der Waals surface area contributed by atoms with Gasteiger partial charge in [0.1, 0.15) is 10.8 Å². The van der Waals surface area contributed by atoms with Crippen LogP contribution in [0.1, 0.15) is 32.0 Å². The Morgan fingerprint density at radius 1 is 1.48 bits per heavy atom. The van der Waals surface area contributed by atoms with Crippen molar-refractivity contribution in [3.05, 3.63) is 16.4 Å². The number of nitrogens with one attached hydrogen (secondary N) is 1. The molecule has 7 heteroatoms. The molecule has 0 unspecified atom stereocenters. The molecule has 1 aromatic rings. The fraction of sp³-hybridized carbons (Fsp3) is 0.714. The van der Waals surface area contributed by atoms with Gasteiger partial charge in [0.15, 0.2) is 0 Å². The molecule has 2 heterocycles. The normalized spacial score (nSPS) is 16.0. The van der Waals surface area contributed by atoms with Gasteiger partial charge >= 0.3 is 6.09 Å². The third kappa shape index (κ3) is 3.89. The van der Waals surface area contributed by atoms with Gasteiger partial charge in [0, 0.05) is 38.3 Å². The number of hydrogen-bond acceptors (Lipinski definition) is 4. The molecule has 0 aromatic carbocycles. The second-order valence-electron chi connectivity index (χ2n) is 6.44. The number of ether oxygens (including phenoxy) is 1. The number of rotatable bonds is 3. The van der Waals surface area contributed by atoms with Gasteiger partial charge in [-0.1, -0.05) is 11.6 Å². The topological polar surface area (TPSA) is 59.4 Å². The quantitative estimate of drug-likeness (QED) is 0.928. The molecule has 0 spiro atoms. The van der Waals surface area contributed by atoms with E-state index in [4.69, 9.17) is 16.3 Å². The van der Waals surface area contributed by atoms with Crippen molar-refractivity contribution in [2.45, 2.75) is 45.9 Å². The highest BCUT2D eigenvalue weighted by atomic mass is 35.5. The lowest BCUT2D eigenvalue weighted by molar-refractivity contribution is 0.00518. The van der Waals surface area contributed by atoms with E-state index < -0.39 is 5.60 Å². The van der Waals surface area contributed by atoms with Crippen molar-refractivity contribution in [3.63, 3.8) is 0 Å². The van der Waals surface area contributed by atoms with Gasteiger partial charge in [0.2, 0.25) is 0 Å². The molecule has 0 atom stereocenters. The van der Waals surface area contributed by atoms with Crippen LogP contribution in [0.15, 0.2) is 0 Å². The Balaban J connectivity index is 1.77. The molecule has 1 aliphatic rings. The smallest absolute Gasteiger partial charge is 0.410 e. The van der Waals surface area contributed by atoms with Crippen molar-refractivity contribution in [2.75, 3.05) is 13.1 Å². The van der Waals surface area contributed by atoms with Gasteiger partial charge in [0.05, 0.1) is 5.69 Å². The summed E-state index contributed by atoms with van der Waals surface area (Å²) in [7, 11) is 1.83. The third-order valence-electron chi connectivity index (χ3n) is 3.37. The number of halogens is 1. The van der Waals surface area contributed by atoms with Crippen LogP contribution in [0.25, 0.3) is 0 Å². The van der Waals surface area contributed by atoms with Crippen LogP contribution >= 0.6 is 11.6 Å². The Labute approximate surface area is 130 Å². The van der Waals surface area contributed by atoms with Gasteiger partial charge in [-0.05, 0) is 27.7 Å². The molecule has 21 heavy (non-hydrogen) atoms. The maximum atomic E-state index is 11.8. The highest BCUT2D eigenvalue weighted by Crippen LogP contribution is 2.20. The van der Waals surface area contributed by atoms with E-state index in [0.29, 0.717) is 24.8 Å². The van der Waals surface area contributed by atoms with Crippen LogP contribution in [0, 0.1) is 6.92 Å². The Hall–Kier alpha value is -1.27. The molecule has 1 aliphatic heterocycles. The van der Waals surface area contributed by atoms with E-state index in [1.807, 2.05) is 34.7 Å². The number of likely N-dealkylation sites (tertiary alicyclic amines) is 1. The Morgan fingerprint density at radius 3 is 2.57 bits per heavy atom. The molecule has 0 bridgehead atoms. The molecule has 0 saturated carbocycles. The van der Waals surface area contributed by atoms with Crippen LogP contribution in [-0.2, 0) is 18.3 Å². The maximum absolute atomic E-state index is 11.8. The zero-order valence-electron chi connectivity index (χ0n) is 13.2. The van der Waals surface area contributed by atoms with Crippen molar-refractivity contribution in [2.24, 2.45) is 7.05 Å². The molecule has 118 valence electrons. The largest absolute Gasteiger partial charge is 0.444 e. The third-order valence-corrected chi connectivity index (χ3v) is 3.84. The number of aryl methyl sites for hydroxylation is 2. The minimum absolute atomic E-state index is 0.254. The molecular formula is C14H23ClN4O2. The van der Waals surface area contributed by atoms with E-state index in [1.54, 1.807) is 9.58 Å². The van der Waals surface area contributed by atoms with E-state index in [1.165, 1.54) is 0 Å². The predicted octanol–water partition coefficient (Wildman–Crippen LogP) is 2.09. The first-order valence-corrected chi connectivity index (χ1v) is 7.44. The first-order valence-electron chi connectivity index (χ1n) is 7.06. The van der Waals surface area contributed by atoms with Gasteiger partial charge in [-0.25, -0.2) is 4.79 Å². The molecule has 1 N–H and O–H groups in total. The van der Waals surface area contributed by atoms with Crippen molar-refractivity contribution in [1.29, 1.82) is 0 Å². The van der Waals surface area contributed by atoms with Crippen molar-refractivity contribution >= 4 is 17.7 Å². The minimum Gasteiger partial charge on any atom is -0.444 e. The average Bonchev–Trinajstić information content (AvgIpc) is 2.50. The van der Waals surface area contributed by atoms with Crippen LogP contribution < -0.4 is 5.32 Å². The van der Waals surface area contributed by atoms with Crippen molar-refractivity contribution in [1.82, 2.24) is 20.0 Å². The van der Waals surface area contributed by atoms with Crippen molar-refractivity contribution < 1.29 is 9.53 Å². The summed E-state index contributed by atoms with van der Waals surface area (Å²) in [4.78, 5) is 13.5. The first kappa shape index (κ1) is 16.1. The van der Waals surface area contributed by atoms with Gasteiger partial charge in [-0.3, -0.25) is 4.68 Å². The lowest BCUT2D eigenvalue weighted by atomic mass is 10.1. The second kappa shape index (κ2) is 5.85. The highest BCUT2D eigenvalue weighted by Gasteiger charge is 2.33. The lowest BCUT2D eigenvalue weighted by Gasteiger charge is -2.40. The fourth-order valence-corrected chi connectivity index (χ4v) is 2.45. The SMILES string of the molecule is Cc1nn(C)c(Cl)c1CNC1CN(C(=O)OC(C)(C)C)C1. The number of nitrogens with zero attached hydrogens (tertiary/aromatic N) is 3. The van der Waals surface area contributed by atoms with E-state index in [9.17, 15) is 4.79 Å². The van der Waals surface area contributed by atoms with Gasteiger partial charge < -0.3 is 15.0 Å². The predicted molar refractivity (Wildman–Crippen MR) is 81.4 cm³/mol. The highest BCUT2D eigenvalue weighted by molar-refractivity contribution is 6.30. The minimum atomic E-state index is -0.448. The number of hydrogen-bond donors (Lipinski definition) is 1. The van der Waals surface area contributed by atoms with E-state index >= 15 is 0 Å². The molecule has 2 rings (SSSR count). The summed E-state index contributed by atoms with van der Waals surface area (Å²) >= 11 is 6.19. The van der Waals surface area contributed by atoms with Crippen LogP contribution in [0.3, 0.4) is 0 Å². The van der Waals surface area contributed by atoms with Crippen molar-refractivity contribution in [3.8, 4) is 0 Å². The maximum Gasteiger partial charge on any atom is 0.410 e. The molecular weight excluding hydrogens is 292 g/mol. The fourth-order valence-electron chi connectivity index (χ4n) is 2.20. The molecule has 1 fully saturated rings. The van der Waals surface area contributed by atoms with E-state index in [0.717, 1.165) is 11.3 Å². The van der Waals surface area contributed by atoms with Crippen LogP contribution in [0.5, 0.6) is 0 Å². The Bertz CT molecular complexity index is 530. The summed E-state index contributed by atoms with van der Waals surface area (Å²) in [5, 5.41) is 8.32. The molecule has 6 nitrogen and oxygen atoms in total. The summed E-state index contributed by atoms with van der Waals surface area (Å²) in [6.07, 6.45) is -0.254. The first-order chi connectivity index (χ1) is 9.67. The second-order valence-corrected chi connectivity index (χ2v) is 6.80. The summed E-state index contributed by atoms with van der Waals surface area (Å²) in [6, 6.07) is 0.271. The van der Waals surface area contributed by atoms with Crippen LogP contribution in [0.2, 0.25) is 5.15 Å². The summed E-state index contributed by atoms with van der Waals surface area (Å²) in [5.74, 6) is 0. The Morgan fingerprint density at radius 2 is 2.10 bits per heavy atom. The molecule has 0 radical (unpaired) electrons. The average molecular weight is 315 g/mol. The molecule has 1 amide bonds. The Kier molecular flexibility index (Phi) is 4.49. The molecule has 1 saturated heterocycles. The lowest BCUT2D eigenvalue weighted by Crippen LogP contribution is -2.60. The zero-order valence-corrected chi connectivity index (χ0v) is 14.0. The number of aromatic nitrogens is 2. The van der Waals surface area contributed by atoms with E-state index in [-0.39, 0.29) is 12.1 Å². The van der Waals surface area contributed by atoms with Gasteiger partial charge in [-0.15, -0.1) is 0 Å². The number of amides is 1. The number of carbonyl (C=O) groups excluding carboxylic acids is 1. The zero-order chi connectivity index (χ0) is 15.8. The van der Waals surface area contributed by atoms with Crippen LogP contribution in [-0.4, -0.2) is 45.5 Å². The summed E-state index contributed by atoms with van der Waals surface area (Å²) in [5.41, 5.74) is 1.49. The summed E-state index contributed by atoms with van der Waals surface area (Å²) in [6.45, 7) is 9.52. The molecule has 1 aromatic heterocycles.